The normalized spacial score (nSPS) is 11.1. The summed E-state index contributed by atoms with van der Waals surface area (Å²) in [6.07, 6.45) is 2.00. The summed E-state index contributed by atoms with van der Waals surface area (Å²) in [6.45, 7) is 4.19. The van der Waals surface area contributed by atoms with Crippen LogP contribution in [0, 0.1) is 13.8 Å². The molecule has 0 atom stereocenters. The van der Waals surface area contributed by atoms with Crippen LogP contribution >= 0.6 is 0 Å². The Morgan fingerprint density at radius 2 is 1.70 bits per heavy atom. The summed E-state index contributed by atoms with van der Waals surface area (Å²) in [7, 11) is 3.19. The van der Waals surface area contributed by atoms with E-state index in [1.165, 1.54) is 16.7 Å². The smallest absolute Gasteiger partial charge is 0.200 e. The molecule has 4 heteroatoms. The van der Waals surface area contributed by atoms with Gasteiger partial charge in [0.05, 0.1) is 5.69 Å². The first-order valence-electron chi connectivity index (χ1n) is 6.57. The minimum atomic E-state index is -0.448. The van der Waals surface area contributed by atoms with Crippen LogP contribution in [0.5, 0.6) is 0 Å². The largest absolute Gasteiger partial charge is 0.350 e. The van der Waals surface area contributed by atoms with Crippen LogP contribution in [0.4, 0.5) is 0 Å². The van der Waals surface area contributed by atoms with Crippen LogP contribution in [-0.4, -0.2) is 24.2 Å². The summed E-state index contributed by atoms with van der Waals surface area (Å²) < 4.78 is 10.4. The summed E-state index contributed by atoms with van der Waals surface area (Å²) in [5.74, 6) is 0.770. The van der Waals surface area contributed by atoms with Crippen LogP contribution in [0.1, 0.15) is 34.5 Å². The van der Waals surface area contributed by atoms with Crippen LogP contribution in [-0.2, 0) is 15.9 Å². The van der Waals surface area contributed by atoms with E-state index in [4.69, 9.17) is 9.47 Å². The molecule has 1 aromatic heterocycles. The standard InChI is InChI=1S/C16H20N2O2/c1-11-7-12(2)9-13(8-11)10-15-17-6-5-14(18-15)16(19-3)20-4/h5-9,16H,10H2,1-4H3. The second-order valence-corrected chi connectivity index (χ2v) is 4.87. The minimum Gasteiger partial charge on any atom is -0.350 e. The summed E-state index contributed by atoms with van der Waals surface area (Å²) in [5, 5.41) is 0. The number of hydrogen-bond donors (Lipinski definition) is 0. The quantitative estimate of drug-likeness (QED) is 0.785. The predicted molar refractivity (Wildman–Crippen MR) is 77.5 cm³/mol. The fourth-order valence-electron chi connectivity index (χ4n) is 2.32. The Labute approximate surface area is 119 Å². The Hall–Kier alpha value is -1.78. The van der Waals surface area contributed by atoms with Gasteiger partial charge in [0.25, 0.3) is 0 Å². The number of methoxy groups -OCH3 is 2. The lowest BCUT2D eigenvalue weighted by Gasteiger charge is -2.13. The van der Waals surface area contributed by atoms with Crippen molar-refractivity contribution in [3.63, 3.8) is 0 Å². The lowest BCUT2D eigenvalue weighted by atomic mass is 10.0. The zero-order valence-electron chi connectivity index (χ0n) is 12.4. The monoisotopic (exact) mass is 272 g/mol. The fourth-order valence-corrected chi connectivity index (χ4v) is 2.32. The summed E-state index contributed by atoms with van der Waals surface area (Å²) in [5.41, 5.74) is 4.46. The van der Waals surface area contributed by atoms with Gasteiger partial charge in [-0.05, 0) is 25.5 Å². The van der Waals surface area contributed by atoms with Gasteiger partial charge in [-0.3, -0.25) is 0 Å². The average Bonchev–Trinajstić information content (AvgIpc) is 2.39. The Morgan fingerprint density at radius 1 is 1.05 bits per heavy atom. The number of hydrogen-bond acceptors (Lipinski definition) is 4. The SMILES string of the molecule is COC(OC)c1ccnc(Cc2cc(C)cc(C)c2)n1. The highest BCUT2D eigenvalue weighted by Crippen LogP contribution is 2.16. The highest BCUT2D eigenvalue weighted by molar-refractivity contribution is 5.30. The van der Waals surface area contributed by atoms with Crippen molar-refractivity contribution in [2.24, 2.45) is 0 Å². The molecule has 0 saturated heterocycles. The molecule has 0 spiro atoms. The van der Waals surface area contributed by atoms with E-state index in [1.807, 2.05) is 6.07 Å². The molecule has 2 rings (SSSR count). The number of ether oxygens (including phenoxy) is 2. The van der Waals surface area contributed by atoms with E-state index >= 15 is 0 Å². The van der Waals surface area contributed by atoms with E-state index in [0.29, 0.717) is 6.42 Å². The van der Waals surface area contributed by atoms with Crippen molar-refractivity contribution in [1.82, 2.24) is 9.97 Å². The molecular weight excluding hydrogens is 252 g/mol. The maximum absolute atomic E-state index is 5.22. The zero-order chi connectivity index (χ0) is 14.5. The van der Waals surface area contributed by atoms with Gasteiger partial charge in [0.15, 0.2) is 0 Å². The average molecular weight is 272 g/mol. The lowest BCUT2D eigenvalue weighted by Crippen LogP contribution is -2.08. The second-order valence-electron chi connectivity index (χ2n) is 4.87. The molecule has 0 aliphatic heterocycles. The third kappa shape index (κ3) is 3.62. The highest BCUT2D eigenvalue weighted by atomic mass is 16.7. The van der Waals surface area contributed by atoms with Crippen molar-refractivity contribution in [1.29, 1.82) is 0 Å². The predicted octanol–water partition coefficient (Wildman–Crippen LogP) is 2.98. The van der Waals surface area contributed by atoms with Crippen LogP contribution in [0.15, 0.2) is 30.5 Å². The third-order valence-electron chi connectivity index (χ3n) is 3.04. The van der Waals surface area contributed by atoms with Gasteiger partial charge in [-0.25, -0.2) is 9.97 Å². The second kappa shape index (κ2) is 6.59. The molecule has 0 radical (unpaired) electrons. The molecule has 0 bridgehead atoms. The lowest BCUT2D eigenvalue weighted by molar-refractivity contribution is -0.108. The van der Waals surface area contributed by atoms with Gasteiger partial charge in [0, 0.05) is 26.8 Å². The van der Waals surface area contributed by atoms with Crippen molar-refractivity contribution in [3.8, 4) is 0 Å². The van der Waals surface area contributed by atoms with Crippen molar-refractivity contribution < 1.29 is 9.47 Å². The first-order valence-corrected chi connectivity index (χ1v) is 6.57. The Balaban J connectivity index is 2.23. The van der Waals surface area contributed by atoms with E-state index in [2.05, 4.69) is 42.0 Å². The molecule has 0 fully saturated rings. The number of aromatic nitrogens is 2. The molecule has 1 aromatic carbocycles. The molecule has 0 saturated carbocycles. The van der Waals surface area contributed by atoms with Gasteiger partial charge < -0.3 is 9.47 Å². The molecule has 0 unspecified atom stereocenters. The van der Waals surface area contributed by atoms with Crippen molar-refractivity contribution >= 4 is 0 Å². The molecule has 2 aromatic rings. The Morgan fingerprint density at radius 3 is 2.30 bits per heavy atom. The van der Waals surface area contributed by atoms with Gasteiger partial charge in [0.2, 0.25) is 6.29 Å². The van der Waals surface area contributed by atoms with Crippen molar-refractivity contribution in [2.45, 2.75) is 26.6 Å². The summed E-state index contributed by atoms with van der Waals surface area (Å²) >= 11 is 0. The van der Waals surface area contributed by atoms with E-state index in [0.717, 1.165) is 11.5 Å². The maximum Gasteiger partial charge on any atom is 0.200 e. The maximum atomic E-state index is 5.22. The molecule has 1 heterocycles. The first kappa shape index (κ1) is 14.6. The van der Waals surface area contributed by atoms with Gasteiger partial charge in [-0.2, -0.15) is 0 Å². The van der Waals surface area contributed by atoms with Gasteiger partial charge in [-0.1, -0.05) is 29.3 Å². The third-order valence-corrected chi connectivity index (χ3v) is 3.04. The molecule has 4 nitrogen and oxygen atoms in total. The molecule has 0 amide bonds. The van der Waals surface area contributed by atoms with E-state index in [9.17, 15) is 0 Å². The van der Waals surface area contributed by atoms with Crippen molar-refractivity contribution in [3.05, 3.63) is 58.7 Å². The molecule has 0 aliphatic rings. The number of nitrogens with zero attached hydrogens (tertiary/aromatic N) is 2. The van der Waals surface area contributed by atoms with Crippen LogP contribution < -0.4 is 0 Å². The summed E-state index contributed by atoms with van der Waals surface area (Å²) in [4.78, 5) is 8.83. The van der Waals surface area contributed by atoms with Crippen LogP contribution in [0.2, 0.25) is 0 Å². The molecule has 0 aliphatic carbocycles. The number of benzene rings is 1. The summed E-state index contributed by atoms with van der Waals surface area (Å²) in [6, 6.07) is 8.29. The topological polar surface area (TPSA) is 44.2 Å². The van der Waals surface area contributed by atoms with Crippen LogP contribution in [0.25, 0.3) is 0 Å². The molecular formula is C16H20N2O2. The van der Waals surface area contributed by atoms with Gasteiger partial charge >= 0.3 is 0 Å². The Bertz CT molecular complexity index is 560. The fraction of sp³-hybridized carbons (Fsp3) is 0.375. The van der Waals surface area contributed by atoms with Crippen molar-refractivity contribution in [2.75, 3.05) is 14.2 Å². The van der Waals surface area contributed by atoms with Gasteiger partial charge in [0.1, 0.15) is 5.82 Å². The van der Waals surface area contributed by atoms with Gasteiger partial charge in [-0.15, -0.1) is 0 Å². The molecule has 106 valence electrons. The van der Waals surface area contributed by atoms with E-state index in [1.54, 1.807) is 20.4 Å². The minimum absolute atomic E-state index is 0.448. The number of rotatable bonds is 5. The zero-order valence-corrected chi connectivity index (χ0v) is 12.4. The Kier molecular flexibility index (Phi) is 4.82. The van der Waals surface area contributed by atoms with E-state index in [-0.39, 0.29) is 0 Å². The molecule has 20 heavy (non-hydrogen) atoms. The molecule has 0 N–H and O–H groups in total. The number of aryl methyl sites for hydroxylation is 2. The highest BCUT2D eigenvalue weighted by Gasteiger charge is 2.11. The van der Waals surface area contributed by atoms with Crippen LogP contribution in [0.3, 0.4) is 0 Å². The first-order chi connectivity index (χ1) is 9.62. The van der Waals surface area contributed by atoms with E-state index < -0.39 is 6.29 Å².